The lowest BCUT2D eigenvalue weighted by Gasteiger charge is -2.23. The van der Waals surface area contributed by atoms with Gasteiger partial charge in [-0.1, -0.05) is 52.0 Å². The number of benzene rings is 1. The summed E-state index contributed by atoms with van der Waals surface area (Å²) in [5.41, 5.74) is 2.88. The van der Waals surface area contributed by atoms with Crippen LogP contribution in [0.15, 0.2) is 24.3 Å². The molecule has 108 valence electrons. The van der Waals surface area contributed by atoms with Crippen molar-refractivity contribution in [3.8, 4) is 0 Å². The molecular weight excluding hydrogens is 234 g/mol. The Balaban J connectivity index is 2.69. The van der Waals surface area contributed by atoms with Gasteiger partial charge in [0.2, 0.25) is 0 Å². The molecular formula is C17H29NO. The van der Waals surface area contributed by atoms with E-state index in [9.17, 15) is 0 Å². The first-order valence-corrected chi connectivity index (χ1v) is 7.35. The summed E-state index contributed by atoms with van der Waals surface area (Å²) in [6.45, 7) is 11.3. The molecule has 2 nitrogen and oxygen atoms in total. The fourth-order valence-electron chi connectivity index (χ4n) is 2.28. The third-order valence-corrected chi connectivity index (χ3v) is 3.73. The van der Waals surface area contributed by atoms with Crippen LogP contribution in [0.3, 0.4) is 0 Å². The van der Waals surface area contributed by atoms with Crippen molar-refractivity contribution >= 4 is 0 Å². The first-order valence-electron chi connectivity index (χ1n) is 7.35. The smallest absolute Gasteiger partial charge is 0.0445 e. The molecule has 0 bridgehead atoms. The third kappa shape index (κ3) is 4.96. The minimum Gasteiger partial charge on any atom is -0.396 e. The zero-order valence-electron chi connectivity index (χ0n) is 13.0. The normalized spacial score (nSPS) is 15.3. The Kier molecular flexibility index (Phi) is 6.02. The summed E-state index contributed by atoms with van der Waals surface area (Å²) in [6, 6.07) is 9.59. The Morgan fingerprint density at radius 3 is 2.16 bits per heavy atom. The molecule has 1 aromatic rings. The van der Waals surface area contributed by atoms with Crippen molar-refractivity contribution in [1.29, 1.82) is 0 Å². The van der Waals surface area contributed by atoms with Gasteiger partial charge in [0.05, 0.1) is 0 Å². The highest BCUT2D eigenvalue weighted by molar-refractivity contribution is 5.29. The summed E-state index contributed by atoms with van der Waals surface area (Å²) in [4.78, 5) is 0. The van der Waals surface area contributed by atoms with E-state index < -0.39 is 0 Å². The van der Waals surface area contributed by atoms with Crippen LogP contribution < -0.4 is 5.32 Å². The topological polar surface area (TPSA) is 32.3 Å². The van der Waals surface area contributed by atoms with Crippen molar-refractivity contribution in [3.05, 3.63) is 35.4 Å². The molecule has 0 aromatic heterocycles. The Morgan fingerprint density at radius 1 is 1.16 bits per heavy atom. The molecule has 0 radical (unpaired) electrons. The van der Waals surface area contributed by atoms with E-state index in [-0.39, 0.29) is 12.0 Å². The SMILES string of the molecule is CCC(CCO)NC(C)c1ccc(C(C)(C)C)cc1. The van der Waals surface area contributed by atoms with E-state index >= 15 is 0 Å². The van der Waals surface area contributed by atoms with E-state index in [4.69, 9.17) is 5.11 Å². The van der Waals surface area contributed by atoms with Gasteiger partial charge in [-0.05, 0) is 36.3 Å². The Labute approximate surface area is 118 Å². The molecule has 0 fully saturated rings. The summed E-state index contributed by atoms with van der Waals surface area (Å²) >= 11 is 0. The maximum absolute atomic E-state index is 9.04. The molecule has 1 rings (SSSR count). The predicted octanol–water partition coefficient (Wildman–Crippen LogP) is 3.80. The van der Waals surface area contributed by atoms with E-state index in [1.807, 2.05) is 0 Å². The van der Waals surface area contributed by atoms with Crippen LogP contribution in [-0.4, -0.2) is 17.8 Å². The molecule has 0 aliphatic carbocycles. The minimum absolute atomic E-state index is 0.206. The van der Waals surface area contributed by atoms with E-state index in [0.717, 1.165) is 12.8 Å². The maximum atomic E-state index is 9.04. The van der Waals surface area contributed by atoms with Crippen molar-refractivity contribution in [1.82, 2.24) is 5.32 Å². The highest BCUT2D eigenvalue weighted by atomic mass is 16.3. The van der Waals surface area contributed by atoms with Gasteiger partial charge in [0, 0.05) is 18.7 Å². The van der Waals surface area contributed by atoms with E-state index in [2.05, 4.69) is 64.2 Å². The standard InChI is InChI=1S/C17H29NO/c1-6-16(11-12-19)18-13(2)14-7-9-15(10-8-14)17(3,4)5/h7-10,13,16,18-19H,6,11-12H2,1-5H3. The van der Waals surface area contributed by atoms with Crippen molar-refractivity contribution < 1.29 is 5.11 Å². The van der Waals surface area contributed by atoms with Crippen LogP contribution in [0.4, 0.5) is 0 Å². The average molecular weight is 263 g/mol. The molecule has 2 atom stereocenters. The third-order valence-electron chi connectivity index (χ3n) is 3.73. The van der Waals surface area contributed by atoms with E-state index in [0.29, 0.717) is 12.1 Å². The first kappa shape index (κ1) is 16.2. The Bertz CT molecular complexity index is 364. The van der Waals surface area contributed by atoms with Crippen LogP contribution >= 0.6 is 0 Å². The summed E-state index contributed by atoms with van der Waals surface area (Å²) in [6.07, 6.45) is 1.87. The molecule has 2 heteroatoms. The van der Waals surface area contributed by atoms with Gasteiger partial charge in [-0.2, -0.15) is 0 Å². The zero-order chi connectivity index (χ0) is 14.5. The van der Waals surface area contributed by atoms with Gasteiger partial charge in [0.25, 0.3) is 0 Å². The quantitative estimate of drug-likeness (QED) is 0.818. The fourth-order valence-corrected chi connectivity index (χ4v) is 2.28. The molecule has 1 aromatic carbocycles. The minimum atomic E-state index is 0.206. The molecule has 0 saturated carbocycles. The average Bonchev–Trinajstić information content (AvgIpc) is 2.37. The Hall–Kier alpha value is -0.860. The number of hydrogen-bond donors (Lipinski definition) is 2. The molecule has 0 aliphatic rings. The van der Waals surface area contributed by atoms with Crippen LogP contribution in [0.2, 0.25) is 0 Å². The van der Waals surface area contributed by atoms with Crippen LogP contribution in [0.1, 0.15) is 64.6 Å². The number of rotatable bonds is 6. The first-order chi connectivity index (χ1) is 8.88. The second kappa shape index (κ2) is 7.06. The lowest BCUT2D eigenvalue weighted by Crippen LogP contribution is -2.31. The van der Waals surface area contributed by atoms with Gasteiger partial charge in [-0.15, -0.1) is 0 Å². The summed E-state index contributed by atoms with van der Waals surface area (Å²) < 4.78 is 0. The molecule has 0 amide bonds. The fraction of sp³-hybridized carbons (Fsp3) is 0.647. The van der Waals surface area contributed by atoms with Crippen LogP contribution in [-0.2, 0) is 5.41 Å². The predicted molar refractivity (Wildman–Crippen MR) is 82.5 cm³/mol. The molecule has 0 saturated heterocycles. The van der Waals surface area contributed by atoms with Gasteiger partial charge in [-0.3, -0.25) is 0 Å². The second-order valence-electron chi connectivity index (χ2n) is 6.38. The molecule has 0 spiro atoms. The molecule has 0 aliphatic heterocycles. The maximum Gasteiger partial charge on any atom is 0.0445 e. The van der Waals surface area contributed by atoms with E-state index in [1.165, 1.54) is 11.1 Å². The lowest BCUT2D eigenvalue weighted by molar-refractivity contribution is 0.257. The van der Waals surface area contributed by atoms with E-state index in [1.54, 1.807) is 0 Å². The van der Waals surface area contributed by atoms with Crippen molar-refractivity contribution in [2.45, 2.75) is 65.0 Å². The van der Waals surface area contributed by atoms with Gasteiger partial charge < -0.3 is 10.4 Å². The number of nitrogens with one attached hydrogen (secondary N) is 1. The van der Waals surface area contributed by atoms with Crippen molar-refractivity contribution in [3.63, 3.8) is 0 Å². The molecule has 2 unspecified atom stereocenters. The van der Waals surface area contributed by atoms with Gasteiger partial charge >= 0.3 is 0 Å². The monoisotopic (exact) mass is 263 g/mol. The number of hydrogen-bond acceptors (Lipinski definition) is 2. The Morgan fingerprint density at radius 2 is 1.74 bits per heavy atom. The molecule has 19 heavy (non-hydrogen) atoms. The second-order valence-corrected chi connectivity index (χ2v) is 6.38. The van der Waals surface area contributed by atoms with Gasteiger partial charge in [0.1, 0.15) is 0 Å². The highest BCUT2D eigenvalue weighted by Crippen LogP contribution is 2.24. The number of aliphatic hydroxyl groups is 1. The molecule has 2 N–H and O–H groups in total. The van der Waals surface area contributed by atoms with Crippen molar-refractivity contribution in [2.75, 3.05) is 6.61 Å². The van der Waals surface area contributed by atoms with Crippen molar-refractivity contribution in [2.24, 2.45) is 0 Å². The van der Waals surface area contributed by atoms with Crippen LogP contribution in [0, 0.1) is 0 Å². The summed E-state index contributed by atoms with van der Waals surface area (Å²) in [5, 5.41) is 12.6. The summed E-state index contributed by atoms with van der Waals surface area (Å²) in [7, 11) is 0. The van der Waals surface area contributed by atoms with Gasteiger partial charge in [0.15, 0.2) is 0 Å². The largest absolute Gasteiger partial charge is 0.396 e. The molecule has 0 heterocycles. The van der Waals surface area contributed by atoms with Crippen LogP contribution in [0.5, 0.6) is 0 Å². The highest BCUT2D eigenvalue weighted by Gasteiger charge is 2.15. The van der Waals surface area contributed by atoms with Crippen LogP contribution in [0.25, 0.3) is 0 Å². The zero-order valence-corrected chi connectivity index (χ0v) is 13.0. The number of aliphatic hydroxyl groups excluding tert-OH is 1. The lowest BCUT2D eigenvalue weighted by atomic mass is 9.86. The summed E-state index contributed by atoms with van der Waals surface area (Å²) in [5.74, 6) is 0. The van der Waals surface area contributed by atoms with Gasteiger partial charge in [-0.25, -0.2) is 0 Å².